The number of ether oxygens (including phenoxy) is 1. The van der Waals surface area contributed by atoms with E-state index in [1.807, 2.05) is 4.90 Å². The van der Waals surface area contributed by atoms with E-state index in [0.717, 1.165) is 19.4 Å². The van der Waals surface area contributed by atoms with Crippen LogP contribution in [0.4, 0.5) is 0 Å². The number of hydrogen-bond acceptors (Lipinski definition) is 3. The zero-order valence-corrected chi connectivity index (χ0v) is 13.2. The van der Waals surface area contributed by atoms with Crippen LogP contribution in [0.2, 0.25) is 0 Å². The Morgan fingerprint density at radius 1 is 1.30 bits per heavy atom. The second-order valence-electron chi connectivity index (χ2n) is 5.94. The maximum absolute atomic E-state index is 13.1. The number of carbonyl (C=O) groups excluding carboxylic acids is 1. The summed E-state index contributed by atoms with van der Waals surface area (Å²) in [6, 6.07) is 0.371. The van der Waals surface area contributed by atoms with Gasteiger partial charge in [-0.1, -0.05) is 31.5 Å². The van der Waals surface area contributed by atoms with Gasteiger partial charge in [-0.2, -0.15) is 0 Å². The molecule has 1 aliphatic heterocycles. The van der Waals surface area contributed by atoms with Crippen molar-refractivity contribution in [3.63, 3.8) is 0 Å². The Morgan fingerprint density at radius 2 is 1.90 bits per heavy atom. The van der Waals surface area contributed by atoms with Crippen LogP contribution in [0, 0.1) is 5.41 Å². The van der Waals surface area contributed by atoms with Crippen LogP contribution in [0.5, 0.6) is 0 Å². The third-order valence-electron chi connectivity index (χ3n) is 4.84. The molecule has 20 heavy (non-hydrogen) atoms. The van der Waals surface area contributed by atoms with Crippen LogP contribution < -0.4 is 5.73 Å². The number of nitrogens with two attached hydrogens (primary N) is 1. The molecule has 4 nitrogen and oxygen atoms in total. The van der Waals surface area contributed by atoms with E-state index < -0.39 is 5.41 Å². The smallest absolute Gasteiger partial charge is 0.236 e. The third kappa shape index (κ3) is 2.98. The van der Waals surface area contributed by atoms with E-state index in [9.17, 15) is 4.79 Å². The number of amides is 1. The Morgan fingerprint density at radius 3 is 2.40 bits per heavy atom. The lowest BCUT2D eigenvalue weighted by Gasteiger charge is -2.42. The van der Waals surface area contributed by atoms with Gasteiger partial charge in [0.25, 0.3) is 0 Å². The molecule has 0 atom stereocenters. The zero-order valence-electron chi connectivity index (χ0n) is 12.4. The van der Waals surface area contributed by atoms with Crippen LogP contribution in [-0.2, 0) is 9.53 Å². The van der Waals surface area contributed by atoms with Crippen molar-refractivity contribution in [3.8, 4) is 0 Å². The molecule has 2 rings (SSSR count). The minimum Gasteiger partial charge on any atom is -0.392 e. The van der Waals surface area contributed by atoms with E-state index >= 15 is 0 Å². The van der Waals surface area contributed by atoms with E-state index in [2.05, 4.69) is 6.92 Å². The van der Waals surface area contributed by atoms with Crippen LogP contribution in [0.3, 0.4) is 0 Å². The van der Waals surface area contributed by atoms with Gasteiger partial charge in [-0.15, -0.1) is 0 Å². The van der Waals surface area contributed by atoms with Crippen LogP contribution >= 0.6 is 12.2 Å². The summed E-state index contributed by atoms with van der Waals surface area (Å²) in [7, 11) is 0. The molecule has 1 aliphatic carbocycles. The Balaban J connectivity index is 2.18. The molecule has 0 aromatic carbocycles. The zero-order chi connectivity index (χ0) is 14.6. The Kier molecular flexibility index (Phi) is 5.38. The number of nitrogens with zero attached hydrogens (tertiary/aromatic N) is 1. The molecule has 2 fully saturated rings. The summed E-state index contributed by atoms with van der Waals surface area (Å²) in [4.78, 5) is 15.5. The molecule has 0 aromatic rings. The largest absolute Gasteiger partial charge is 0.392 e. The Hall–Kier alpha value is -0.680. The molecule has 2 aliphatic rings. The maximum Gasteiger partial charge on any atom is 0.236 e. The van der Waals surface area contributed by atoms with Gasteiger partial charge in [-0.05, 0) is 32.6 Å². The third-order valence-corrected chi connectivity index (χ3v) is 5.24. The standard InChI is InChI=1S/C15H26N2O2S/c1-2-17(12-6-4-3-5-7-12)14(18)15(13(16)20)8-10-19-11-9-15/h12H,2-11H2,1H3,(H2,16,20). The molecule has 5 heteroatoms. The SMILES string of the molecule is CCN(C(=O)C1(C(N)=S)CCOCC1)C1CCCCC1. The molecule has 0 bridgehead atoms. The highest BCUT2D eigenvalue weighted by Gasteiger charge is 2.46. The normalized spacial score (nSPS) is 23.2. The summed E-state index contributed by atoms with van der Waals surface area (Å²) in [6.07, 6.45) is 7.22. The van der Waals surface area contributed by atoms with Crippen molar-refractivity contribution in [2.75, 3.05) is 19.8 Å². The number of carbonyl (C=O) groups is 1. The quantitative estimate of drug-likeness (QED) is 0.809. The molecular weight excluding hydrogens is 272 g/mol. The van der Waals surface area contributed by atoms with Gasteiger partial charge in [0, 0.05) is 25.8 Å². The summed E-state index contributed by atoms with van der Waals surface area (Å²) < 4.78 is 5.40. The summed E-state index contributed by atoms with van der Waals surface area (Å²) in [6.45, 7) is 3.95. The average molecular weight is 298 g/mol. The van der Waals surface area contributed by atoms with Crippen molar-refractivity contribution >= 4 is 23.1 Å². The molecular formula is C15H26N2O2S. The fraction of sp³-hybridized carbons (Fsp3) is 0.867. The summed E-state index contributed by atoms with van der Waals surface area (Å²) >= 11 is 5.25. The lowest BCUT2D eigenvalue weighted by Crippen LogP contribution is -2.55. The van der Waals surface area contributed by atoms with E-state index in [0.29, 0.717) is 37.1 Å². The van der Waals surface area contributed by atoms with Gasteiger partial charge in [0.1, 0.15) is 5.41 Å². The first-order chi connectivity index (χ1) is 9.62. The van der Waals surface area contributed by atoms with E-state index in [-0.39, 0.29) is 5.91 Å². The highest BCUT2D eigenvalue weighted by Crippen LogP contribution is 2.35. The van der Waals surface area contributed by atoms with E-state index in [1.54, 1.807) is 0 Å². The van der Waals surface area contributed by atoms with Crippen molar-refractivity contribution < 1.29 is 9.53 Å². The monoisotopic (exact) mass is 298 g/mol. The second-order valence-corrected chi connectivity index (χ2v) is 6.38. The number of hydrogen-bond donors (Lipinski definition) is 1. The van der Waals surface area contributed by atoms with Crippen molar-refractivity contribution in [2.24, 2.45) is 11.1 Å². The van der Waals surface area contributed by atoms with Gasteiger partial charge in [0.2, 0.25) is 5.91 Å². The van der Waals surface area contributed by atoms with Gasteiger partial charge in [0.15, 0.2) is 0 Å². The number of thiocarbonyl (C=S) groups is 1. The summed E-state index contributed by atoms with van der Waals surface area (Å²) in [5.74, 6) is 0.141. The van der Waals surface area contributed by atoms with Gasteiger partial charge in [0.05, 0.1) is 4.99 Å². The molecule has 1 saturated carbocycles. The van der Waals surface area contributed by atoms with Crippen molar-refractivity contribution in [2.45, 2.75) is 57.9 Å². The number of rotatable bonds is 4. The van der Waals surface area contributed by atoms with Crippen molar-refractivity contribution in [3.05, 3.63) is 0 Å². The van der Waals surface area contributed by atoms with E-state index in [4.69, 9.17) is 22.7 Å². The molecule has 1 heterocycles. The van der Waals surface area contributed by atoms with Gasteiger partial charge < -0.3 is 15.4 Å². The fourth-order valence-electron chi connectivity index (χ4n) is 3.52. The highest BCUT2D eigenvalue weighted by molar-refractivity contribution is 7.80. The molecule has 0 unspecified atom stereocenters. The lowest BCUT2D eigenvalue weighted by atomic mass is 9.78. The van der Waals surface area contributed by atoms with Crippen molar-refractivity contribution in [1.82, 2.24) is 4.90 Å². The van der Waals surface area contributed by atoms with Gasteiger partial charge in [-0.3, -0.25) is 4.79 Å². The molecule has 2 N–H and O–H groups in total. The van der Waals surface area contributed by atoms with Gasteiger partial charge in [-0.25, -0.2) is 0 Å². The maximum atomic E-state index is 13.1. The molecule has 0 radical (unpaired) electrons. The Bertz CT molecular complexity index is 361. The molecule has 114 valence electrons. The van der Waals surface area contributed by atoms with Crippen LogP contribution in [0.25, 0.3) is 0 Å². The molecule has 1 amide bonds. The second kappa shape index (κ2) is 6.85. The highest BCUT2D eigenvalue weighted by atomic mass is 32.1. The topological polar surface area (TPSA) is 55.6 Å². The minimum absolute atomic E-state index is 0.141. The van der Waals surface area contributed by atoms with Gasteiger partial charge >= 0.3 is 0 Å². The fourth-order valence-corrected chi connectivity index (χ4v) is 3.81. The van der Waals surface area contributed by atoms with Crippen LogP contribution in [0.15, 0.2) is 0 Å². The first-order valence-corrected chi connectivity index (χ1v) is 8.21. The summed E-state index contributed by atoms with van der Waals surface area (Å²) in [5.41, 5.74) is 5.29. The predicted molar refractivity (Wildman–Crippen MR) is 83.5 cm³/mol. The predicted octanol–water partition coefficient (Wildman–Crippen LogP) is 2.25. The minimum atomic E-state index is -0.666. The Labute approximate surface area is 127 Å². The van der Waals surface area contributed by atoms with E-state index in [1.165, 1.54) is 19.3 Å². The molecule has 0 aromatic heterocycles. The van der Waals surface area contributed by atoms with Crippen LogP contribution in [0.1, 0.15) is 51.9 Å². The first-order valence-electron chi connectivity index (χ1n) is 7.80. The molecule has 1 saturated heterocycles. The summed E-state index contributed by atoms with van der Waals surface area (Å²) in [5, 5.41) is 0. The van der Waals surface area contributed by atoms with Crippen LogP contribution in [-0.4, -0.2) is 41.6 Å². The first kappa shape index (κ1) is 15.7. The lowest BCUT2D eigenvalue weighted by molar-refractivity contribution is -0.145. The molecule has 0 spiro atoms. The average Bonchev–Trinajstić information content (AvgIpc) is 2.49. The van der Waals surface area contributed by atoms with Crippen molar-refractivity contribution in [1.29, 1.82) is 0 Å².